The Bertz CT molecular complexity index is 3470. The van der Waals surface area contributed by atoms with Gasteiger partial charge in [0.2, 0.25) is 0 Å². The van der Waals surface area contributed by atoms with Gasteiger partial charge in [0.15, 0.2) is 0 Å². The molecule has 276 valence electrons. The third-order valence-electron chi connectivity index (χ3n) is 12.0. The Hall–Kier alpha value is -7.88. The van der Waals surface area contributed by atoms with Crippen LogP contribution in [0.2, 0.25) is 0 Å². The van der Waals surface area contributed by atoms with Crippen molar-refractivity contribution in [2.75, 3.05) is 4.90 Å². The number of furan rings is 1. The molecule has 0 spiro atoms. The van der Waals surface area contributed by atoms with Crippen molar-refractivity contribution in [3.8, 4) is 27.9 Å². The van der Waals surface area contributed by atoms with Gasteiger partial charge in [-0.1, -0.05) is 164 Å². The largest absolute Gasteiger partial charge is 0.455 e. The van der Waals surface area contributed by atoms with Crippen LogP contribution in [0.3, 0.4) is 0 Å². The molecule has 3 nitrogen and oxygen atoms in total. The minimum absolute atomic E-state index is 0.879. The maximum Gasteiger partial charge on any atom is 0.143 e. The van der Waals surface area contributed by atoms with Crippen molar-refractivity contribution in [3.05, 3.63) is 218 Å². The Morgan fingerprint density at radius 3 is 1.66 bits per heavy atom. The zero-order chi connectivity index (χ0) is 38.9. The van der Waals surface area contributed by atoms with E-state index in [4.69, 9.17) is 4.42 Å². The normalized spacial score (nSPS) is 11.7. The maximum atomic E-state index is 6.76. The highest BCUT2D eigenvalue weighted by Gasteiger charge is 2.21. The van der Waals surface area contributed by atoms with Crippen LogP contribution in [0.15, 0.2) is 223 Å². The van der Waals surface area contributed by atoms with E-state index >= 15 is 0 Å². The number of rotatable bonds is 6. The van der Waals surface area contributed by atoms with Crippen LogP contribution >= 0.6 is 0 Å². The van der Waals surface area contributed by atoms with Crippen molar-refractivity contribution >= 4 is 82.4 Å². The summed E-state index contributed by atoms with van der Waals surface area (Å²) in [5, 5.41) is 9.46. The smallest absolute Gasteiger partial charge is 0.143 e. The fraction of sp³-hybridized carbons (Fsp3) is 0. The Balaban J connectivity index is 1.08. The van der Waals surface area contributed by atoms with Gasteiger partial charge in [-0.05, 0) is 82.1 Å². The number of hydrogen-bond acceptors (Lipinski definition) is 2. The first kappa shape index (κ1) is 33.3. The predicted molar refractivity (Wildman–Crippen MR) is 249 cm³/mol. The number of hydrogen-bond donors (Lipinski definition) is 0. The van der Waals surface area contributed by atoms with Crippen LogP contribution in [0.5, 0.6) is 0 Å². The van der Waals surface area contributed by atoms with Crippen molar-refractivity contribution in [2.24, 2.45) is 0 Å². The van der Waals surface area contributed by atoms with Crippen molar-refractivity contribution < 1.29 is 4.42 Å². The minimum atomic E-state index is 0.879. The molecule has 0 aliphatic heterocycles. The Morgan fingerprint density at radius 1 is 0.356 bits per heavy atom. The summed E-state index contributed by atoms with van der Waals surface area (Å²) in [7, 11) is 0. The van der Waals surface area contributed by atoms with Crippen LogP contribution in [0.4, 0.5) is 17.1 Å². The lowest BCUT2D eigenvalue weighted by Crippen LogP contribution is -2.11. The third-order valence-corrected chi connectivity index (χ3v) is 12.0. The zero-order valence-electron chi connectivity index (χ0n) is 32.1. The average Bonchev–Trinajstić information content (AvgIpc) is 3.85. The van der Waals surface area contributed by atoms with E-state index in [1.54, 1.807) is 0 Å². The molecule has 0 saturated heterocycles. The Labute approximate surface area is 341 Å². The first-order chi connectivity index (χ1) is 29.3. The predicted octanol–water partition coefficient (Wildman–Crippen LogP) is 15.8. The van der Waals surface area contributed by atoms with E-state index in [0.29, 0.717) is 0 Å². The number of fused-ring (bicyclic) bond motifs is 8. The molecule has 12 aromatic rings. The van der Waals surface area contributed by atoms with Gasteiger partial charge in [-0.25, -0.2) is 0 Å². The molecule has 0 unspecified atom stereocenters. The molecule has 12 rings (SSSR count). The number of nitrogens with zero attached hydrogens (tertiary/aromatic N) is 2. The average molecular weight is 753 g/mol. The fourth-order valence-electron chi connectivity index (χ4n) is 9.22. The summed E-state index contributed by atoms with van der Waals surface area (Å²) in [5.41, 5.74) is 13.1. The molecule has 0 bridgehead atoms. The molecule has 0 aliphatic rings. The summed E-state index contributed by atoms with van der Waals surface area (Å²) < 4.78 is 9.18. The first-order valence-electron chi connectivity index (χ1n) is 20.2. The van der Waals surface area contributed by atoms with Crippen LogP contribution in [-0.2, 0) is 0 Å². The molecule has 0 N–H and O–H groups in total. The Kier molecular flexibility index (Phi) is 7.54. The van der Waals surface area contributed by atoms with Crippen molar-refractivity contribution in [3.63, 3.8) is 0 Å². The minimum Gasteiger partial charge on any atom is -0.455 e. The van der Waals surface area contributed by atoms with E-state index in [9.17, 15) is 0 Å². The highest BCUT2D eigenvalue weighted by Crippen LogP contribution is 2.45. The van der Waals surface area contributed by atoms with E-state index in [0.717, 1.165) is 55.8 Å². The Morgan fingerprint density at radius 2 is 0.932 bits per heavy atom. The second-order valence-corrected chi connectivity index (χ2v) is 15.3. The van der Waals surface area contributed by atoms with Gasteiger partial charge < -0.3 is 13.9 Å². The number of para-hydroxylation sites is 2. The second-order valence-electron chi connectivity index (χ2n) is 15.3. The van der Waals surface area contributed by atoms with Crippen LogP contribution in [0.25, 0.3) is 93.2 Å². The van der Waals surface area contributed by atoms with Gasteiger partial charge >= 0.3 is 0 Å². The molecule has 10 aromatic carbocycles. The lowest BCUT2D eigenvalue weighted by atomic mass is 9.99. The van der Waals surface area contributed by atoms with E-state index < -0.39 is 0 Å². The number of aromatic nitrogens is 1. The molecule has 0 saturated carbocycles. The van der Waals surface area contributed by atoms with Crippen LogP contribution in [0, 0.1) is 0 Å². The lowest BCUT2D eigenvalue weighted by molar-refractivity contribution is 0.670. The van der Waals surface area contributed by atoms with Gasteiger partial charge in [0, 0.05) is 49.3 Å². The maximum absolute atomic E-state index is 6.76. The van der Waals surface area contributed by atoms with Crippen molar-refractivity contribution in [1.82, 2.24) is 4.57 Å². The molecular formula is C56H36N2O. The van der Waals surface area contributed by atoms with Crippen LogP contribution < -0.4 is 4.90 Å². The van der Waals surface area contributed by atoms with Gasteiger partial charge in [-0.15, -0.1) is 0 Å². The zero-order valence-corrected chi connectivity index (χ0v) is 32.1. The summed E-state index contributed by atoms with van der Waals surface area (Å²) >= 11 is 0. The summed E-state index contributed by atoms with van der Waals surface area (Å²) in [5.74, 6) is 0. The van der Waals surface area contributed by atoms with E-state index in [2.05, 4.69) is 222 Å². The molecule has 0 radical (unpaired) electrons. The summed E-state index contributed by atoms with van der Waals surface area (Å²) in [6.45, 7) is 0. The topological polar surface area (TPSA) is 21.3 Å². The van der Waals surface area contributed by atoms with Gasteiger partial charge in [0.1, 0.15) is 11.2 Å². The molecule has 2 heterocycles. The molecule has 0 aliphatic carbocycles. The van der Waals surface area contributed by atoms with E-state index in [1.165, 1.54) is 54.5 Å². The monoisotopic (exact) mass is 752 g/mol. The quantitative estimate of drug-likeness (QED) is 0.169. The van der Waals surface area contributed by atoms with E-state index in [1.807, 2.05) is 6.07 Å². The molecule has 0 amide bonds. The standard InChI is InChI=1S/C56H36N2O/c1-2-14-37(15-3-1)41-30-33-47-46-22-8-10-24-53(46)58(54(47)34-41)43-35-49(56-50(36-43)48-23-9-11-27-55(48)59-56)40-28-31-42(32-29-40)57(51-25-12-18-38-16-4-6-20-44(38)51)52-26-13-19-39-17-5-7-21-45(39)52/h1-36H. The van der Waals surface area contributed by atoms with Crippen LogP contribution in [0.1, 0.15) is 0 Å². The third kappa shape index (κ3) is 5.36. The summed E-state index contributed by atoms with van der Waals surface area (Å²) in [6, 6.07) is 78.7. The molecule has 2 aromatic heterocycles. The molecule has 59 heavy (non-hydrogen) atoms. The van der Waals surface area contributed by atoms with Crippen molar-refractivity contribution in [1.29, 1.82) is 0 Å². The highest BCUT2D eigenvalue weighted by atomic mass is 16.3. The SMILES string of the molecule is c1ccc(-c2ccc3c4ccccc4n(-c4cc(-c5ccc(N(c6cccc7ccccc67)c6cccc7ccccc67)cc5)c5oc6ccccc6c5c4)c3c2)cc1. The molecule has 3 heteroatoms. The molecular weight excluding hydrogens is 717 g/mol. The fourth-order valence-corrected chi connectivity index (χ4v) is 9.22. The molecule has 0 fully saturated rings. The van der Waals surface area contributed by atoms with Gasteiger partial charge in [0.05, 0.1) is 22.4 Å². The van der Waals surface area contributed by atoms with E-state index in [-0.39, 0.29) is 0 Å². The number of benzene rings is 10. The highest BCUT2D eigenvalue weighted by molar-refractivity contribution is 6.14. The number of anilines is 3. The second kappa shape index (κ2) is 13.4. The first-order valence-corrected chi connectivity index (χ1v) is 20.2. The molecule has 0 atom stereocenters. The summed E-state index contributed by atoms with van der Waals surface area (Å²) in [6.07, 6.45) is 0. The van der Waals surface area contributed by atoms with Gasteiger partial charge in [-0.2, -0.15) is 0 Å². The summed E-state index contributed by atoms with van der Waals surface area (Å²) in [4.78, 5) is 2.41. The lowest BCUT2D eigenvalue weighted by Gasteiger charge is -2.28. The van der Waals surface area contributed by atoms with Gasteiger partial charge in [0.25, 0.3) is 0 Å². The van der Waals surface area contributed by atoms with Crippen LogP contribution in [-0.4, -0.2) is 4.57 Å². The van der Waals surface area contributed by atoms with Gasteiger partial charge in [-0.3, -0.25) is 0 Å². The van der Waals surface area contributed by atoms with Crippen molar-refractivity contribution in [2.45, 2.75) is 0 Å².